The topological polar surface area (TPSA) is 35.5 Å². The highest BCUT2D eigenvalue weighted by atomic mass is 127. The van der Waals surface area contributed by atoms with Gasteiger partial charge < -0.3 is 10.4 Å². The summed E-state index contributed by atoms with van der Waals surface area (Å²) in [5.74, 6) is 1.24. The first kappa shape index (κ1) is 20.0. The summed E-state index contributed by atoms with van der Waals surface area (Å²) in [6.07, 6.45) is 2.70. The van der Waals surface area contributed by atoms with Crippen molar-refractivity contribution >= 4 is 70.0 Å². The van der Waals surface area contributed by atoms with Gasteiger partial charge in [0.1, 0.15) is 5.75 Å². The Morgan fingerprint density at radius 3 is 2.10 bits per heavy atom. The number of hydrogen-bond donors (Lipinski definition) is 2. The van der Waals surface area contributed by atoms with Crippen LogP contribution in [0.1, 0.15) is 24.4 Å². The van der Waals surface area contributed by atoms with E-state index < -0.39 is 0 Å². The zero-order valence-corrected chi connectivity index (χ0v) is 17.5. The van der Waals surface area contributed by atoms with Gasteiger partial charge in [-0.1, -0.05) is 0 Å². The van der Waals surface area contributed by atoms with Gasteiger partial charge in [0.25, 0.3) is 0 Å². The molecule has 0 unspecified atom stereocenters. The van der Waals surface area contributed by atoms with Crippen molar-refractivity contribution < 1.29 is 5.11 Å². The van der Waals surface area contributed by atoms with Crippen LogP contribution in [0.25, 0.3) is 0 Å². The van der Waals surface area contributed by atoms with Crippen molar-refractivity contribution in [1.82, 2.24) is 10.2 Å². The summed E-state index contributed by atoms with van der Waals surface area (Å²) in [5.41, 5.74) is 1.39. The van der Waals surface area contributed by atoms with Crippen LogP contribution in [0, 0.1) is 13.1 Å². The van der Waals surface area contributed by atoms with E-state index in [9.17, 15) is 5.11 Å². The number of phenols is 1. The number of rotatable bonds is 3. The summed E-state index contributed by atoms with van der Waals surface area (Å²) in [6, 6.07) is 4.89. The number of halogens is 4. The summed E-state index contributed by atoms with van der Waals surface area (Å²) >= 11 is 4.48. The lowest BCUT2D eigenvalue weighted by atomic mass is 9.99. The first-order valence-electron chi connectivity index (χ1n) is 6.79. The van der Waals surface area contributed by atoms with Gasteiger partial charge in [0, 0.05) is 32.2 Å². The average Bonchev–Trinajstić information content (AvgIpc) is 3.22. The van der Waals surface area contributed by atoms with Gasteiger partial charge in [-0.25, -0.2) is 0 Å². The molecular formula is C14H20Cl2I2N2O. The van der Waals surface area contributed by atoms with Crippen LogP contribution in [0.3, 0.4) is 0 Å². The van der Waals surface area contributed by atoms with E-state index in [-0.39, 0.29) is 24.8 Å². The molecule has 3 nitrogen and oxygen atoms in total. The first-order chi connectivity index (χ1) is 9.16. The summed E-state index contributed by atoms with van der Waals surface area (Å²) in [5, 5.41) is 13.4. The van der Waals surface area contributed by atoms with E-state index in [2.05, 4.69) is 67.5 Å². The molecule has 1 heterocycles. The maximum Gasteiger partial charge on any atom is 0.142 e. The molecule has 120 valence electrons. The fourth-order valence-electron chi connectivity index (χ4n) is 2.91. The fourth-order valence-corrected chi connectivity index (χ4v) is 4.73. The summed E-state index contributed by atoms with van der Waals surface area (Å²) in [7, 11) is 0. The van der Waals surface area contributed by atoms with Crippen LogP contribution in [-0.4, -0.2) is 36.2 Å². The van der Waals surface area contributed by atoms with Crippen molar-refractivity contribution in [2.75, 3.05) is 26.2 Å². The Labute approximate surface area is 165 Å². The van der Waals surface area contributed by atoms with E-state index in [1.807, 2.05) is 0 Å². The monoisotopic (exact) mass is 556 g/mol. The second-order valence-electron chi connectivity index (χ2n) is 5.40. The molecule has 1 saturated carbocycles. The predicted octanol–water partition coefficient (Wildman–Crippen LogP) is 3.80. The quantitative estimate of drug-likeness (QED) is 0.556. The van der Waals surface area contributed by atoms with Crippen molar-refractivity contribution in [3.05, 3.63) is 24.8 Å². The Morgan fingerprint density at radius 2 is 1.62 bits per heavy atom. The molecule has 3 rings (SSSR count). The van der Waals surface area contributed by atoms with Crippen LogP contribution >= 0.6 is 70.0 Å². The molecule has 1 aromatic carbocycles. The molecule has 2 aliphatic rings. The number of nitrogens with one attached hydrogen (secondary N) is 1. The smallest absolute Gasteiger partial charge is 0.142 e. The minimum absolute atomic E-state index is 0. The number of hydrogen-bond acceptors (Lipinski definition) is 3. The lowest BCUT2D eigenvalue weighted by Crippen LogP contribution is -2.45. The molecular weight excluding hydrogens is 537 g/mol. The zero-order chi connectivity index (χ0) is 13.4. The van der Waals surface area contributed by atoms with Gasteiger partial charge in [0.05, 0.1) is 7.14 Å². The van der Waals surface area contributed by atoms with Gasteiger partial charge in [-0.15, -0.1) is 24.8 Å². The summed E-state index contributed by atoms with van der Waals surface area (Å²) < 4.78 is 1.94. The fraction of sp³-hybridized carbons (Fsp3) is 0.571. The summed E-state index contributed by atoms with van der Waals surface area (Å²) in [4.78, 5) is 2.62. The largest absolute Gasteiger partial charge is 0.506 e. The van der Waals surface area contributed by atoms with Crippen molar-refractivity contribution in [2.45, 2.75) is 18.9 Å². The second-order valence-corrected chi connectivity index (χ2v) is 7.73. The Morgan fingerprint density at radius 1 is 1.10 bits per heavy atom. The summed E-state index contributed by atoms with van der Waals surface area (Å²) in [6.45, 7) is 4.45. The van der Waals surface area contributed by atoms with Gasteiger partial charge in [0.2, 0.25) is 0 Å². The van der Waals surface area contributed by atoms with Gasteiger partial charge in [0.15, 0.2) is 0 Å². The third-order valence-corrected chi connectivity index (χ3v) is 5.64. The third-order valence-electron chi connectivity index (χ3n) is 3.99. The van der Waals surface area contributed by atoms with E-state index in [1.54, 1.807) is 0 Å². The molecule has 2 fully saturated rings. The molecule has 0 aromatic heterocycles. The lowest BCUT2D eigenvalue weighted by Gasteiger charge is -2.35. The highest BCUT2D eigenvalue weighted by Crippen LogP contribution is 2.46. The highest BCUT2D eigenvalue weighted by Gasteiger charge is 2.37. The molecule has 0 spiro atoms. The van der Waals surface area contributed by atoms with E-state index >= 15 is 0 Å². The minimum atomic E-state index is 0. The third kappa shape index (κ3) is 4.73. The van der Waals surface area contributed by atoms with Crippen LogP contribution in [0.5, 0.6) is 5.75 Å². The second kappa shape index (κ2) is 8.73. The van der Waals surface area contributed by atoms with Gasteiger partial charge >= 0.3 is 0 Å². The average molecular weight is 557 g/mol. The maximum atomic E-state index is 9.94. The van der Waals surface area contributed by atoms with E-state index in [4.69, 9.17) is 0 Å². The van der Waals surface area contributed by atoms with Gasteiger partial charge in [-0.2, -0.15) is 0 Å². The molecule has 7 heteroatoms. The lowest BCUT2D eigenvalue weighted by molar-refractivity contribution is 0.156. The number of nitrogens with zero attached hydrogens (tertiary/aromatic N) is 1. The van der Waals surface area contributed by atoms with Crippen LogP contribution < -0.4 is 5.32 Å². The first-order valence-corrected chi connectivity index (χ1v) is 8.95. The molecule has 0 radical (unpaired) electrons. The molecule has 21 heavy (non-hydrogen) atoms. The Kier molecular flexibility index (Phi) is 8.32. The van der Waals surface area contributed by atoms with Crippen LogP contribution in [0.2, 0.25) is 0 Å². The van der Waals surface area contributed by atoms with Gasteiger partial charge in [-0.3, -0.25) is 4.90 Å². The number of piperazine rings is 1. The molecule has 1 aromatic rings. The molecule has 0 bridgehead atoms. The van der Waals surface area contributed by atoms with E-state index in [0.29, 0.717) is 11.8 Å². The van der Waals surface area contributed by atoms with Crippen LogP contribution in [0.15, 0.2) is 12.1 Å². The molecule has 1 saturated heterocycles. The number of aromatic hydroxyl groups is 1. The van der Waals surface area contributed by atoms with Crippen LogP contribution in [0.4, 0.5) is 0 Å². The van der Waals surface area contributed by atoms with E-state index in [1.165, 1.54) is 18.4 Å². The predicted molar refractivity (Wildman–Crippen MR) is 108 cm³/mol. The van der Waals surface area contributed by atoms with Crippen molar-refractivity contribution in [3.63, 3.8) is 0 Å². The maximum absolute atomic E-state index is 9.94. The molecule has 1 aliphatic heterocycles. The normalized spacial score (nSPS) is 20.3. The Bertz CT molecular complexity index is 457. The molecule has 0 amide bonds. The number of phenolic OH excluding ortho intramolecular Hbond substituents is 1. The molecule has 2 N–H and O–H groups in total. The van der Waals surface area contributed by atoms with Crippen molar-refractivity contribution in [2.24, 2.45) is 5.92 Å². The number of benzene rings is 1. The molecule has 1 atom stereocenters. The van der Waals surface area contributed by atoms with Crippen LogP contribution in [-0.2, 0) is 0 Å². The van der Waals surface area contributed by atoms with Gasteiger partial charge in [-0.05, 0) is 81.6 Å². The minimum Gasteiger partial charge on any atom is -0.506 e. The molecule has 1 aliphatic carbocycles. The highest BCUT2D eigenvalue weighted by molar-refractivity contribution is 14.1. The Hall–Kier alpha value is 0.980. The Balaban J connectivity index is 0.00000110. The van der Waals surface area contributed by atoms with Crippen molar-refractivity contribution in [1.29, 1.82) is 0 Å². The SMILES string of the molecule is Cl.Cl.Oc1c(I)cc([C@H](C2CC2)N2CCNCC2)cc1I. The van der Waals surface area contributed by atoms with Crippen molar-refractivity contribution in [3.8, 4) is 5.75 Å². The zero-order valence-electron chi connectivity index (χ0n) is 11.5. The standard InChI is InChI=1S/C14H18I2N2O.2ClH/c15-11-7-10(8-12(16)14(11)19)13(9-1-2-9)18-5-3-17-4-6-18;;/h7-9,13,17,19H,1-6H2;2*1H/t13-;;/m0../s1. The van der Waals surface area contributed by atoms with E-state index in [0.717, 1.165) is 39.2 Å².